The van der Waals surface area contributed by atoms with Gasteiger partial charge in [-0.05, 0) is 41.2 Å². The van der Waals surface area contributed by atoms with E-state index < -0.39 is 6.10 Å². The van der Waals surface area contributed by atoms with E-state index in [1.807, 2.05) is 24.3 Å². The van der Waals surface area contributed by atoms with Gasteiger partial charge in [0.15, 0.2) is 0 Å². The lowest BCUT2D eigenvalue weighted by molar-refractivity contribution is 0.0429. The predicted octanol–water partition coefficient (Wildman–Crippen LogP) is 3.56. The highest BCUT2D eigenvalue weighted by atomic mass is 16.5. The Morgan fingerprint density at radius 2 is 1.78 bits per heavy atom. The van der Waals surface area contributed by atoms with Gasteiger partial charge in [0.2, 0.25) is 0 Å². The zero-order chi connectivity index (χ0) is 16.2. The second kappa shape index (κ2) is 7.33. The molecule has 1 heterocycles. The van der Waals surface area contributed by atoms with Crippen molar-refractivity contribution >= 4 is 10.8 Å². The van der Waals surface area contributed by atoms with Crippen molar-refractivity contribution in [2.75, 3.05) is 26.2 Å². The van der Waals surface area contributed by atoms with E-state index in [0.717, 1.165) is 24.2 Å². The molecule has 1 saturated heterocycles. The number of ether oxygens (including phenoxy) is 1. The van der Waals surface area contributed by atoms with Crippen molar-refractivity contribution in [1.29, 1.82) is 0 Å². The lowest BCUT2D eigenvalue weighted by Gasteiger charge is -2.35. The summed E-state index contributed by atoms with van der Waals surface area (Å²) in [6, 6.07) is 14.3. The molecule has 2 aromatic carbocycles. The molecular weight excluding hydrogens is 286 g/mol. The second-order valence-electron chi connectivity index (χ2n) is 7.14. The lowest BCUT2D eigenvalue weighted by atomic mass is 9.92. The molecule has 1 fully saturated rings. The van der Waals surface area contributed by atoms with Crippen molar-refractivity contribution in [1.82, 2.24) is 4.90 Å². The van der Waals surface area contributed by atoms with Crippen molar-refractivity contribution in [2.45, 2.75) is 26.4 Å². The molecule has 0 saturated carbocycles. The minimum Gasteiger partial charge on any atom is -0.491 e. The van der Waals surface area contributed by atoms with Crippen LogP contribution in [0, 0.1) is 11.8 Å². The van der Waals surface area contributed by atoms with Crippen LogP contribution in [0.2, 0.25) is 0 Å². The molecule has 1 aliphatic heterocycles. The molecule has 1 N–H and O–H groups in total. The van der Waals surface area contributed by atoms with Gasteiger partial charge in [-0.3, -0.25) is 0 Å². The second-order valence-corrected chi connectivity index (χ2v) is 7.14. The van der Waals surface area contributed by atoms with Gasteiger partial charge < -0.3 is 14.7 Å². The summed E-state index contributed by atoms with van der Waals surface area (Å²) in [7, 11) is 0. The number of hydrogen-bond donors (Lipinski definition) is 1. The Balaban J connectivity index is 1.52. The van der Waals surface area contributed by atoms with Crippen molar-refractivity contribution < 1.29 is 9.84 Å². The Labute approximate surface area is 138 Å². The minimum absolute atomic E-state index is 0.345. The Bertz CT molecular complexity index is 632. The van der Waals surface area contributed by atoms with Gasteiger partial charge in [0.25, 0.3) is 0 Å². The van der Waals surface area contributed by atoms with Crippen LogP contribution in [0.5, 0.6) is 5.75 Å². The summed E-state index contributed by atoms with van der Waals surface area (Å²) >= 11 is 0. The minimum atomic E-state index is -0.445. The number of benzene rings is 2. The monoisotopic (exact) mass is 313 g/mol. The van der Waals surface area contributed by atoms with Crippen LogP contribution in [0.1, 0.15) is 20.3 Å². The summed E-state index contributed by atoms with van der Waals surface area (Å²) < 4.78 is 5.79. The van der Waals surface area contributed by atoms with E-state index in [-0.39, 0.29) is 0 Å². The van der Waals surface area contributed by atoms with Crippen molar-refractivity contribution in [3.05, 3.63) is 42.5 Å². The van der Waals surface area contributed by atoms with Gasteiger partial charge in [-0.15, -0.1) is 0 Å². The normalized spacial score (nSPS) is 23.8. The van der Waals surface area contributed by atoms with Crippen LogP contribution in [0.25, 0.3) is 10.8 Å². The molecule has 0 radical (unpaired) electrons. The van der Waals surface area contributed by atoms with Crippen LogP contribution in [0.15, 0.2) is 42.5 Å². The van der Waals surface area contributed by atoms with Gasteiger partial charge in [-0.25, -0.2) is 0 Å². The molecule has 0 bridgehead atoms. The highest BCUT2D eigenvalue weighted by molar-refractivity contribution is 5.83. The number of β-amino-alcohol motifs (C(OH)–C–C–N with tert-alkyl or cyclic N) is 1. The number of aliphatic hydroxyl groups excluding tert-OH is 1. The maximum Gasteiger partial charge on any atom is 0.120 e. The third-order valence-corrected chi connectivity index (χ3v) is 4.58. The largest absolute Gasteiger partial charge is 0.491 e. The zero-order valence-electron chi connectivity index (χ0n) is 14.1. The van der Waals surface area contributed by atoms with E-state index in [4.69, 9.17) is 4.74 Å². The molecule has 0 aliphatic carbocycles. The van der Waals surface area contributed by atoms with Gasteiger partial charge in [-0.1, -0.05) is 44.2 Å². The van der Waals surface area contributed by atoms with E-state index in [1.54, 1.807) is 0 Å². The molecule has 3 atom stereocenters. The van der Waals surface area contributed by atoms with Gasteiger partial charge in [0, 0.05) is 19.6 Å². The van der Waals surface area contributed by atoms with Crippen molar-refractivity contribution in [3.8, 4) is 5.75 Å². The number of rotatable bonds is 5. The molecule has 1 aliphatic rings. The topological polar surface area (TPSA) is 32.7 Å². The smallest absolute Gasteiger partial charge is 0.120 e. The van der Waals surface area contributed by atoms with E-state index >= 15 is 0 Å². The summed E-state index contributed by atoms with van der Waals surface area (Å²) in [6.45, 7) is 7.79. The summed E-state index contributed by atoms with van der Waals surface area (Å²) in [4.78, 5) is 2.37. The molecule has 0 amide bonds. The molecule has 3 heteroatoms. The highest BCUT2D eigenvalue weighted by Crippen LogP contribution is 2.22. The molecule has 3 nitrogen and oxygen atoms in total. The van der Waals surface area contributed by atoms with Gasteiger partial charge in [0.05, 0.1) is 0 Å². The third-order valence-electron chi connectivity index (χ3n) is 4.58. The van der Waals surface area contributed by atoms with Gasteiger partial charge >= 0.3 is 0 Å². The lowest BCUT2D eigenvalue weighted by Crippen LogP contribution is -2.43. The van der Waals surface area contributed by atoms with Gasteiger partial charge in [-0.2, -0.15) is 0 Å². The summed E-state index contributed by atoms with van der Waals surface area (Å²) in [6.07, 6.45) is 0.846. The van der Waals surface area contributed by atoms with Crippen molar-refractivity contribution in [2.24, 2.45) is 11.8 Å². The number of hydrogen-bond acceptors (Lipinski definition) is 3. The van der Waals surface area contributed by atoms with Crippen LogP contribution in [0.3, 0.4) is 0 Å². The Kier molecular flexibility index (Phi) is 5.19. The fourth-order valence-electron chi connectivity index (χ4n) is 3.74. The molecular formula is C20H27NO2. The molecule has 0 spiro atoms. The van der Waals surface area contributed by atoms with E-state index in [9.17, 15) is 5.11 Å². The third kappa shape index (κ3) is 4.46. The van der Waals surface area contributed by atoms with Crippen molar-refractivity contribution in [3.63, 3.8) is 0 Å². The first-order valence-electron chi connectivity index (χ1n) is 8.62. The Hall–Kier alpha value is -1.58. The summed E-state index contributed by atoms with van der Waals surface area (Å²) in [5.41, 5.74) is 0. The maximum absolute atomic E-state index is 10.3. The maximum atomic E-state index is 10.3. The first-order valence-corrected chi connectivity index (χ1v) is 8.62. The summed E-state index contributed by atoms with van der Waals surface area (Å²) in [5.74, 6) is 2.25. The molecule has 23 heavy (non-hydrogen) atoms. The summed E-state index contributed by atoms with van der Waals surface area (Å²) in [5, 5.41) is 12.7. The average Bonchev–Trinajstić information content (AvgIpc) is 2.52. The standard InChI is InChI=1S/C20H27NO2/c1-15-9-16(2)12-21(11-15)13-19(22)14-23-20-8-7-17-5-3-4-6-18(17)10-20/h3-8,10,15-16,19,22H,9,11-14H2,1-2H3/t15-,16-,19-/m1/s1. The molecule has 0 aromatic heterocycles. The zero-order valence-corrected chi connectivity index (χ0v) is 14.1. The number of fused-ring (bicyclic) bond motifs is 1. The number of nitrogens with zero attached hydrogens (tertiary/aromatic N) is 1. The SMILES string of the molecule is C[C@@H]1C[C@@H](C)CN(C[C@@H](O)COc2ccc3ccccc3c2)C1. The molecule has 2 aromatic rings. The molecule has 3 rings (SSSR count). The highest BCUT2D eigenvalue weighted by Gasteiger charge is 2.23. The molecule has 124 valence electrons. The fourth-order valence-corrected chi connectivity index (χ4v) is 3.74. The number of piperidine rings is 1. The average molecular weight is 313 g/mol. The van der Waals surface area contributed by atoms with Crippen LogP contribution >= 0.6 is 0 Å². The van der Waals surface area contributed by atoms with Gasteiger partial charge in [0.1, 0.15) is 18.5 Å². The first-order chi connectivity index (χ1) is 11.1. The fraction of sp³-hybridized carbons (Fsp3) is 0.500. The van der Waals surface area contributed by atoms with E-state index in [0.29, 0.717) is 25.0 Å². The Morgan fingerprint density at radius 1 is 1.09 bits per heavy atom. The predicted molar refractivity (Wildman–Crippen MR) is 94.8 cm³/mol. The van der Waals surface area contributed by atoms with Crippen LogP contribution in [0.4, 0.5) is 0 Å². The van der Waals surface area contributed by atoms with Crippen LogP contribution in [-0.2, 0) is 0 Å². The first kappa shape index (κ1) is 16.3. The van der Waals surface area contributed by atoms with E-state index in [2.05, 4.69) is 36.9 Å². The van der Waals surface area contributed by atoms with Crippen LogP contribution in [-0.4, -0.2) is 42.4 Å². The number of likely N-dealkylation sites (tertiary alicyclic amines) is 1. The number of aliphatic hydroxyl groups is 1. The van der Waals surface area contributed by atoms with Crippen LogP contribution < -0.4 is 4.74 Å². The molecule has 0 unspecified atom stereocenters. The Morgan fingerprint density at radius 3 is 2.52 bits per heavy atom. The quantitative estimate of drug-likeness (QED) is 0.916. The van der Waals surface area contributed by atoms with E-state index in [1.165, 1.54) is 11.8 Å².